The third-order valence-electron chi connectivity index (χ3n) is 4.00. The first kappa shape index (κ1) is 17.0. The molecular weight excluding hydrogens is 364 g/mol. The number of thiazole rings is 1. The van der Waals surface area contributed by atoms with Gasteiger partial charge in [0.1, 0.15) is 16.5 Å². The molecule has 8 heteroatoms. The topological polar surface area (TPSA) is 93.0 Å². The summed E-state index contributed by atoms with van der Waals surface area (Å²) in [5.41, 5.74) is 1.90. The van der Waals surface area contributed by atoms with Gasteiger partial charge in [-0.05, 0) is 36.4 Å². The zero-order chi connectivity index (χ0) is 18.6. The van der Waals surface area contributed by atoms with E-state index in [0.717, 1.165) is 16.1 Å². The molecule has 0 aliphatic heterocycles. The number of H-pyrrole nitrogens is 1. The summed E-state index contributed by atoms with van der Waals surface area (Å²) in [5.74, 6) is 0.900. The molecule has 0 fully saturated rings. The Labute approximate surface area is 158 Å². The molecule has 0 aliphatic carbocycles. The van der Waals surface area contributed by atoms with E-state index in [-0.39, 0.29) is 5.91 Å². The zero-order valence-electron chi connectivity index (χ0n) is 14.4. The first-order valence-electron chi connectivity index (χ1n) is 8.19. The molecule has 1 aromatic carbocycles. The minimum Gasteiger partial charge on any atom is -0.495 e. The summed E-state index contributed by atoms with van der Waals surface area (Å²) in [5, 5.41) is 13.7. The highest BCUT2D eigenvalue weighted by Crippen LogP contribution is 2.32. The highest BCUT2D eigenvalue weighted by atomic mass is 32.1. The van der Waals surface area contributed by atoms with Crippen LogP contribution in [0.25, 0.3) is 23.1 Å². The number of hydrogen-bond acceptors (Lipinski definition) is 6. The lowest BCUT2D eigenvalue weighted by atomic mass is 10.1. The van der Waals surface area contributed by atoms with Gasteiger partial charge in [0.15, 0.2) is 0 Å². The Hall–Kier alpha value is -3.39. The van der Waals surface area contributed by atoms with Crippen molar-refractivity contribution in [1.29, 1.82) is 0 Å². The molecule has 7 nitrogen and oxygen atoms in total. The second-order valence-electron chi connectivity index (χ2n) is 5.64. The molecule has 3 heterocycles. The van der Waals surface area contributed by atoms with Crippen LogP contribution in [0.4, 0.5) is 0 Å². The molecule has 0 spiro atoms. The van der Waals surface area contributed by atoms with E-state index < -0.39 is 0 Å². The number of benzene rings is 1. The van der Waals surface area contributed by atoms with Gasteiger partial charge in [0.05, 0.1) is 42.1 Å². The van der Waals surface area contributed by atoms with Crippen molar-refractivity contribution >= 4 is 40.3 Å². The van der Waals surface area contributed by atoms with E-state index in [4.69, 9.17) is 9.15 Å². The second kappa shape index (κ2) is 7.46. The smallest absolute Gasteiger partial charge is 0.255 e. The van der Waals surface area contributed by atoms with Gasteiger partial charge in [-0.3, -0.25) is 9.89 Å². The van der Waals surface area contributed by atoms with E-state index in [1.54, 1.807) is 43.8 Å². The Morgan fingerprint density at radius 3 is 3.04 bits per heavy atom. The number of rotatable bonds is 6. The average Bonchev–Trinajstić information content (AvgIpc) is 3.45. The molecule has 0 radical (unpaired) electrons. The predicted octanol–water partition coefficient (Wildman–Crippen LogP) is 3.72. The molecule has 1 amide bonds. The number of amides is 1. The third-order valence-corrected chi connectivity index (χ3v) is 4.74. The maximum absolute atomic E-state index is 12.7. The van der Waals surface area contributed by atoms with E-state index in [0.29, 0.717) is 29.1 Å². The summed E-state index contributed by atoms with van der Waals surface area (Å²) < 4.78 is 10.8. The van der Waals surface area contributed by atoms with E-state index in [9.17, 15) is 4.79 Å². The van der Waals surface area contributed by atoms with Crippen molar-refractivity contribution in [3.8, 4) is 5.75 Å². The fourth-order valence-electron chi connectivity index (χ4n) is 2.76. The quantitative estimate of drug-likeness (QED) is 0.532. The number of fused-ring (bicyclic) bond motifs is 1. The minimum atomic E-state index is -0.249. The number of nitrogens with one attached hydrogen (secondary N) is 2. The molecule has 136 valence electrons. The van der Waals surface area contributed by atoms with Crippen molar-refractivity contribution in [2.24, 2.45) is 0 Å². The van der Waals surface area contributed by atoms with Gasteiger partial charge in [-0.15, -0.1) is 11.3 Å². The lowest BCUT2D eigenvalue weighted by Gasteiger charge is -2.10. The minimum absolute atomic E-state index is 0.249. The van der Waals surface area contributed by atoms with Crippen LogP contribution < -0.4 is 10.1 Å². The third kappa shape index (κ3) is 3.47. The van der Waals surface area contributed by atoms with Crippen LogP contribution in [0.15, 0.2) is 46.5 Å². The van der Waals surface area contributed by atoms with E-state index in [2.05, 4.69) is 20.5 Å². The van der Waals surface area contributed by atoms with Gasteiger partial charge in [-0.1, -0.05) is 0 Å². The van der Waals surface area contributed by atoms with Crippen LogP contribution >= 0.6 is 11.3 Å². The van der Waals surface area contributed by atoms with Crippen molar-refractivity contribution in [2.45, 2.75) is 6.54 Å². The highest BCUT2D eigenvalue weighted by Gasteiger charge is 2.19. The molecule has 2 N–H and O–H groups in total. The van der Waals surface area contributed by atoms with E-state index >= 15 is 0 Å². The van der Waals surface area contributed by atoms with Crippen LogP contribution in [-0.2, 0) is 6.54 Å². The Bertz CT molecular complexity index is 1080. The Kier molecular flexibility index (Phi) is 4.71. The summed E-state index contributed by atoms with van der Waals surface area (Å²) in [6.45, 7) is 0.301. The number of carbonyl (C=O) groups is 1. The summed E-state index contributed by atoms with van der Waals surface area (Å²) in [7, 11) is 1.54. The van der Waals surface area contributed by atoms with Crippen LogP contribution in [0, 0.1) is 0 Å². The Morgan fingerprint density at radius 2 is 2.30 bits per heavy atom. The number of ether oxygens (including phenoxy) is 1. The number of carbonyl (C=O) groups excluding carboxylic acids is 1. The standard InChI is InChI=1S/C19H16N4O3S/c1-25-18-13(19(24)21-11-12-3-2-9-26-12)4-5-14-17(18)15(23-22-14)6-7-16-20-8-10-27-16/h2-10H,11H2,1H3,(H,21,24)(H,22,23). The van der Waals surface area contributed by atoms with Crippen molar-refractivity contribution in [1.82, 2.24) is 20.5 Å². The molecule has 0 atom stereocenters. The van der Waals surface area contributed by atoms with Crippen LogP contribution in [0.5, 0.6) is 5.75 Å². The van der Waals surface area contributed by atoms with E-state index in [1.807, 2.05) is 17.5 Å². The van der Waals surface area contributed by atoms with Gasteiger partial charge in [0.25, 0.3) is 5.91 Å². The normalized spacial score (nSPS) is 11.3. The van der Waals surface area contributed by atoms with Crippen molar-refractivity contribution in [2.75, 3.05) is 7.11 Å². The summed E-state index contributed by atoms with van der Waals surface area (Å²) >= 11 is 1.54. The van der Waals surface area contributed by atoms with Crippen LogP contribution in [-0.4, -0.2) is 28.2 Å². The number of hydrogen-bond donors (Lipinski definition) is 2. The molecule has 0 aliphatic rings. The fraction of sp³-hybridized carbons (Fsp3) is 0.105. The second-order valence-corrected chi connectivity index (χ2v) is 6.57. The number of aromatic amines is 1. The van der Waals surface area contributed by atoms with Gasteiger partial charge in [-0.25, -0.2) is 4.98 Å². The van der Waals surface area contributed by atoms with Gasteiger partial charge in [0.2, 0.25) is 0 Å². The average molecular weight is 380 g/mol. The van der Waals surface area contributed by atoms with Crippen LogP contribution in [0.2, 0.25) is 0 Å². The number of methoxy groups -OCH3 is 1. The van der Waals surface area contributed by atoms with Crippen molar-refractivity contribution in [3.05, 3.63) is 64.1 Å². The molecule has 0 saturated carbocycles. The largest absolute Gasteiger partial charge is 0.495 e. The maximum atomic E-state index is 12.7. The van der Waals surface area contributed by atoms with Crippen molar-refractivity contribution < 1.29 is 13.9 Å². The SMILES string of the molecule is COc1c(C(=O)NCc2ccco2)ccc2n[nH]c(C=Cc3nccs3)c12. The molecule has 0 saturated heterocycles. The van der Waals surface area contributed by atoms with Gasteiger partial charge >= 0.3 is 0 Å². The number of furan rings is 1. The van der Waals surface area contributed by atoms with Gasteiger partial charge in [-0.2, -0.15) is 5.10 Å². The molecule has 4 rings (SSSR count). The summed E-state index contributed by atoms with van der Waals surface area (Å²) in [6, 6.07) is 7.07. The molecule has 0 unspecified atom stereocenters. The Morgan fingerprint density at radius 1 is 1.37 bits per heavy atom. The maximum Gasteiger partial charge on any atom is 0.255 e. The van der Waals surface area contributed by atoms with Gasteiger partial charge < -0.3 is 14.5 Å². The molecule has 4 aromatic rings. The highest BCUT2D eigenvalue weighted by molar-refractivity contribution is 7.10. The summed E-state index contributed by atoms with van der Waals surface area (Å²) in [4.78, 5) is 16.9. The first-order chi connectivity index (χ1) is 13.3. The molecule has 27 heavy (non-hydrogen) atoms. The van der Waals surface area contributed by atoms with Crippen LogP contribution in [0.1, 0.15) is 26.8 Å². The number of nitrogens with zero attached hydrogens (tertiary/aromatic N) is 2. The zero-order valence-corrected chi connectivity index (χ0v) is 15.2. The van der Waals surface area contributed by atoms with E-state index in [1.165, 1.54) is 11.3 Å². The van der Waals surface area contributed by atoms with Crippen molar-refractivity contribution in [3.63, 3.8) is 0 Å². The fourth-order valence-corrected chi connectivity index (χ4v) is 3.29. The van der Waals surface area contributed by atoms with Gasteiger partial charge in [0, 0.05) is 11.6 Å². The lowest BCUT2D eigenvalue weighted by Crippen LogP contribution is -2.23. The lowest BCUT2D eigenvalue weighted by molar-refractivity contribution is 0.0945. The molecule has 3 aromatic heterocycles. The molecule has 0 bridgehead atoms. The predicted molar refractivity (Wildman–Crippen MR) is 104 cm³/mol. The molecular formula is C19H16N4O3S. The summed E-state index contributed by atoms with van der Waals surface area (Å²) in [6.07, 6.45) is 7.08. The number of aromatic nitrogens is 3. The first-order valence-corrected chi connectivity index (χ1v) is 9.07. The Balaban J connectivity index is 1.67. The monoisotopic (exact) mass is 380 g/mol. The van der Waals surface area contributed by atoms with Crippen LogP contribution in [0.3, 0.4) is 0 Å².